The first kappa shape index (κ1) is 21.3. The molecule has 0 aliphatic carbocycles. The van der Waals surface area contributed by atoms with Gasteiger partial charge in [-0.05, 0) is 54.1 Å². The summed E-state index contributed by atoms with van der Waals surface area (Å²) in [5.74, 6) is 0.271. The number of amides is 2. The summed E-state index contributed by atoms with van der Waals surface area (Å²) < 4.78 is 5.20. The van der Waals surface area contributed by atoms with E-state index in [1.807, 2.05) is 66.7 Å². The van der Waals surface area contributed by atoms with Crippen molar-refractivity contribution >= 4 is 40.9 Å². The lowest BCUT2D eigenvalue weighted by molar-refractivity contribution is -0.139. The topological polar surface area (TPSA) is 58.6 Å². The lowest BCUT2D eigenvalue weighted by Gasteiger charge is -2.18. The van der Waals surface area contributed by atoms with Crippen molar-refractivity contribution < 1.29 is 14.3 Å². The smallest absolute Gasteiger partial charge is 0.253 e. The van der Waals surface area contributed by atoms with Gasteiger partial charge in [-0.15, -0.1) is 11.8 Å². The van der Waals surface area contributed by atoms with Crippen molar-refractivity contribution in [1.29, 1.82) is 0 Å². The molecule has 4 rings (SSSR count). The zero-order chi connectivity index (χ0) is 21.8. The van der Waals surface area contributed by atoms with E-state index in [1.54, 1.807) is 19.2 Å². The number of hydrogen-bond donors (Lipinski definition) is 1. The summed E-state index contributed by atoms with van der Waals surface area (Å²) in [6.45, 7) is 0.247. The van der Waals surface area contributed by atoms with Crippen LogP contribution >= 0.6 is 23.4 Å². The molecule has 0 aromatic heterocycles. The normalized spacial score (nSPS) is 18.3. The van der Waals surface area contributed by atoms with E-state index in [0.717, 1.165) is 21.9 Å². The van der Waals surface area contributed by atoms with Crippen LogP contribution in [0, 0.1) is 0 Å². The van der Waals surface area contributed by atoms with E-state index in [4.69, 9.17) is 16.3 Å². The molecule has 0 bridgehead atoms. The van der Waals surface area contributed by atoms with Crippen LogP contribution < -0.4 is 10.1 Å². The van der Waals surface area contributed by atoms with Crippen molar-refractivity contribution in [2.24, 2.45) is 0 Å². The Morgan fingerprint density at radius 1 is 0.935 bits per heavy atom. The molecule has 0 radical (unpaired) electrons. The van der Waals surface area contributed by atoms with Crippen LogP contribution in [0.3, 0.4) is 0 Å². The highest BCUT2D eigenvalue weighted by Gasteiger charge is 2.48. The number of carbonyl (C=O) groups excluding carboxylic acids is 2. The van der Waals surface area contributed by atoms with Crippen LogP contribution in [-0.2, 0) is 16.1 Å². The SMILES string of the molecule is COc1ccc(N[C@@H]2C(=O)N(Cc3ccccc3)C(=O)[C@@H]2Sc2ccc(Cl)cc2)cc1. The first-order chi connectivity index (χ1) is 15.0. The molecule has 3 aromatic carbocycles. The van der Waals surface area contributed by atoms with E-state index in [0.29, 0.717) is 5.02 Å². The van der Waals surface area contributed by atoms with Crippen LogP contribution in [0.4, 0.5) is 5.69 Å². The molecule has 1 aliphatic heterocycles. The second-order valence-electron chi connectivity index (χ2n) is 7.09. The van der Waals surface area contributed by atoms with Gasteiger partial charge in [-0.1, -0.05) is 41.9 Å². The number of carbonyl (C=O) groups is 2. The molecule has 0 unspecified atom stereocenters. The van der Waals surface area contributed by atoms with Crippen molar-refractivity contribution in [2.75, 3.05) is 12.4 Å². The van der Waals surface area contributed by atoms with Crippen LogP contribution in [0.5, 0.6) is 5.75 Å². The van der Waals surface area contributed by atoms with Crippen molar-refractivity contribution in [3.63, 3.8) is 0 Å². The van der Waals surface area contributed by atoms with Gasteiger partial charge < -0.3 is 10.1 Å². The Hall–Kier alpha value is -2.96. The lowest BCUT2D eigenvalue weighted by atomic mass is 10.2. The fourth-order valence-electron chi connectivity index (χ4n) is 3.41. The quantitative estimate of drug-likeness (QED) is 0.519. The van der Waals surface area contributed by atoms with Crippen molar-refractivity contribution in [3.05, 3.63) is 89.4 Å². The minimum atomic E-state index is -0.690. The third-order valence-corrected chi connectivity index (χ3v) is 6.54. The summed E-state index contributed by atoms with van der Waals surface area (Å²) in [4.78, 5) is 28.8. The number of nitrogens with one attached hydrogen (secondary N) is 1. The zero-order valence-corrected chi connectivity index (χ0v) is 18.4. The Bertz CT molecular complexity index is 1060. The van der Waals surface area contributed by atoms with Crippen molar-refractivity contribution in [3.8, 4) is 5.75 Å². The Kier molecular flexibility index (Phi) is 6.49. The van der Waals surface area contributed by atoms with E-state index in [2.05, 4.69) is 5.32 Å². The highest BCUT2D eigenvalue weighted by molar-refractivity contribution is 8.00. The Morgan fingerprint density at radius 2 is 1.61 bits per heavy atom. The summed E-state index contributed by atoms with van der Waals surface area (Å²) in [6, 6.07) is 23.4. The van der Waals surface area contributed by atoms with Crippen molar-refractivity contribution in [2.45, 2.75) is 22.7 Å². The number of ether oxygens (including phenoxy) is 1. The van der Waals surface area contributed by atoms with E-state index in [9.17, 15) is 9.59 Å². The molecule has 0 saturated carbocycles. The molecule has 2 atom stereocenters. The number of rotatable bonds is 7. The molecular weight excluding hydrogens is 432 g/mol. The highest BCUT2D eigenvalue weighted by atomic mass is 35.5. The van der Waals surface area contributed by atoms with Gasteiger partial charge in [0.2, 0.25) is 5.91 Å². The van der Waals surface area contributed by atoms with Crippen LogP contribution in [0.1, 0.15) is 5.56 Å². The van der Waals surface area contributed by atoms with Gasteiger partial charge in [0.25, 0.3) is 5.91 Å². The Labute approximate surface area is 190 Å². The van der Waals surface area contributed by atoms with Gasteiger partial charge in [0.1, 0.15) is 17.0 Å². The molecule has 2 amide bonds. The molecule has 0 spiro atoms. The van der Waals surface area contributed by atoms with Gasteiger partial charge in [-0.3, -0.25) is 14.5 Å². The van der Waals surface area contributed by atoms with Crippen molar-refractivity contribution in [1.82, 2.24) is 4.90 Å². The summed E-state index contributed by atoms with van der Waals surface area (Å²) in [5, 5.41) is 3.28. The fraction of sp³-hybridized carbons (Fsp3) is 0.167. The first-order valence-electron chi connectivity index (χ1n) is 9.77. The Morgan fingerprint density at radius 3 is 2.26 bits per heavy atom. The van der Waals surface area contributed by atoms with E-state index in [-0.39, 0.29) is 18.4 Å². The molecular formula is C24H21ClN2O3S. The number of anilines is 1. The van der Waals surface area contributed by atoms with Gasteiger partial charge in [0.15, 0.2) is 0 Å². The predicted octanol–water partition coefficient (Wildman–Crippen LogP) is 4.86. The third-order valence-electron chi connectivity index (χ3n) is 5.02. The molecule has 158 valence electrons. The third kappa shape index (κ3) is 4.86. The van der Waals surface area contributed by atoms with Crippen LogP contribution in [0.25, 0.3) is 0 Å². The molecule has 7 heteroatoms. The Balaban J connectivity index is 1.60. The van der Waals surface area contributed by atoms with Crippen LogP contribution in [0.2, 0.25) is 5.02 Å². The molecule has 1 fully saturated rings. The summed E-state index contributed by atoms with van der Waals surface area (Å²) in [5.41, 5.74) is 1.65. The molecule has 1 saturated heterocycles. The molecule has 1 N–H and O–H groups in total. The molecule has 3 aromatic rings. The number of hydrogen-bond acceptors (Lipinski definition) is 5. The minimum absolute atomic E-state index is 0.209. The molecule has 1 heterocycles. The van der Waals surface area contributed by atoms with Gasteiger partial charge in [-0.25, -0.2) is 0 Å². The number of thioether (sulfide) groups is 1. The largest absolute Gasteiger partial charge is 0.497 e. The number of nitrogens with zero attached hydrogens (tertiary/aromatic N) is 1. The zero-order valence-electron chi connectivity index (χ0n) is 16.8. The van der Waals surface area contributed by atoms with Crippen LogP contribution in [0.15, 0.2) is 83.8 Å². The highest BCUT2D eigenvalue weighted by Crippen LogP contribution is 2.34. The van der Waals surface area contributed by atoms with Gasteiger partial charge in [-0.2, -0.15) is 0 Å². The van der Waals surface area contributed by atoms with Gasteiger partial charge in [0.05, 0.1) is 13.7 Å². The van der Waals surface area contributed by atoms with Gasteiger partial charge >= 0.3 is 0 Å². The summed E-state index contributed by atoms with van der Waals surface area (Å²) in [7, 11) is 1.60. The fourth-order valence-corrected chi connectivity index (χ4v) is 4.67. The number of halogens is 1. The summed E-state index contributed by atoms with van der Waals surface area (Å²) >= 11 is 7.36. The van der Waals surface area contributed by atoms with Crippen LogP contribution in [-0.4, -0.2) is 35.1 Å². The number of methoxy groups -OCH3 is 1. The monoisotopic (exact) mass is 452 g/mol. The molecule has 5 nitrogen and oxygen atoms in total. The number of likely N-dealkylation sites (tertiary alicyclic amines) is 1. The molecule has 1 aliphatic rings. The lowest BCUT2D eigenvalue weighted by Crippen LogP contribution is -2.35. The standard InChI is InChI=1S/C24H21ClN2O3S/c1-30-19-11-9-18(10-12-19)26-21-22(31-20-13-7-17(25)8-14-20)24(29)27(23(21)28)15-16-5-3-2-4-6-16/h2-14,21-22,26H,15H2,1H3/t21-,22+/m0/s1. The average molecular weight is 453 g/mol. The average Bonchev–Trinajstić information content (AvgIpc) is 3.01. The number of benzene rings is 3. The van der Waals surface area contributed by atoms with E-state index >= 15 is 0 Å². The first-order valence-corrected chi connectivity index (χ1v) is 11.0. The summed E-state index contributed by atoms with van der Waals surface area (Å²) in [6.07, 6.45) is 0. The van der Waals surface area contributed by atoms with E-state index in [1.165, 1.54) is 16.7 Å². The number of imide groups is 1. The van der Waals surface area contributed by atoms with Gasteiger partial charge in [0, 0.05) is 15.6 Å². The second kappa shape index (κ2) is 9.45. The predicted molar refractivity (Wildman–Crippen MR) is 124 cm³/mol. The molecule has 31 heavy (non-hydrogen) atoms. The minimum Gasteiger partial charge on any atom is -0.497 e. The maximum Gasteiger partial charge on any atom is 0.253 e. The maximum absolute atomic E-state index is 13.3. The maximum atomic E-state index is 13.3. The second-order valence-corrected chi connectivity index (χ2v) is 8.74. The van der Waals surface area contributed by atoms with E-state index < -0.39 is 11.3 Å².